The molecule has 0 radical (unpaired) electrons. The van der Waals surface area contributed by atoms with Crippen LogP contribution >= 0.6 is 11.3 Å². The summed E-state index contributed by atoms with van der Waals surface area (Å²) in [5.74, 6) is 0.593. The van der Waals surface area contributed by atoms with E-state index in [-0.39, 0.29) is 17.5 Å². The number of amides is 2. The number of piperidine rings is 1. The lowest BCUT2D eigenvalue weighted by molar-refractivity contribution is 0.128. The number of hydrogen-bond acceptors (Lipinski definition) is 3. The fourth-order valence-electron chi connectivity index (χ4n) is 5.33. The van der Waals surface area contributed by atoms with Gasteiger partial charge in [-0.15, -0.1) is 11.3 Å². The van der Waals surface area contributed by atoms with Crippen LogP contribution in [-0.4, -0.2) is 34.6 Å². The number of thiophene rings is 1. The normalized spacial score (nSPS) is 24.6. The van der Waals surface area contributed by atoms with Crippen LogP contribution in [0.4, 0.5) is 4.79 Å². The first kappa shape index (κ1) is 18.0. The summed E-state index contributed by atoms with van der Waals surface area (Å²) in [4.78, 5) is 28.7. The third-order valence-corrected chi connectivity index (χ3v) is 7.50. The van der Waals surface area contributed by atoms with Gasteiger partial charge in [-0.25, -0.2) is 4.79 Å². The van der Waals surface area contributed by atoms with Crippen molar-refractivity contribution in [3.05, 3.63) is 45.7 Å². The Morgan fingerprint density at radius 1 is 1.07 bits per heavy atom. The maximum absolute atomic E-state index is 12.9. The van der Waals surface area contributed by atoms with E-state index in [0.29, 0.717) is 18.5 Å². The number of nitrogens with zero attached hydrogens (tertiary/aromatic N) is 2. The molecular formula is C22H27N3O2S. The molecular weight excluding hydrogens is 370 g/mol. The molecule has 2 fully saturated rings. The molecule has 2 aliphatic heterocycles. The van der Waals surface area contributed by atoms with Crippen molar-refractivity contribution in [3.8, 4) is 10.4 Å². The molecule has 2 aromatic heterocycles. The van der Waals surface area contributed by atoms with Crippen molar-refractivity contribution in [2.24, 2.45) is 5.92 Å². The van der Waals surface area contributed by atoms with Crippen LogP contribution in [0.2, 0.25) is 0 Å². The Balaban J connectivity index is 1.42. The predicted molar refractivity (Wildman–Crippen MR) is 112 cm³/mol. The number of rotatable bonds is 2. The van der Waals surface area contributed by atoms with Gasteiger partial charge >= 0.3 is 6.03 Å². The van der Waals surface area contributed by atoms with Gasteiger partial charge in [-0.1, -0.05) is 25.3 Å². The van der Waals surface area contributed by atoms with Crippen molar-refractivity contribution in [2.75, 3.05) is 13.1 Å². The third-order valence-electron chi connectivity index (χ3n) is 6.60. The average Bonchev–Trinajstić information content (AvgIpc) is 3.24. The van der Waals surface area contributed by atoms with Gasteiger partial charge in [-0.3, -0.25) is 4.79 Å². The zero-order chi connectivity index (χ0) is 19.1. The number of carbonyl (C=O) groups excluding carboxylic acids is 1. The summed E-state index contributed by atoms with van der Waals surface area (Å²) in [5.41, 5.74) is 2.37. The molecule has 28 heavy (non-hydrogen) atoms. The first-order valence-electron chi connectivity index (χ1n) is 10.5. The molecule has 2 aromatic rings. The van der Waals surface area contributed by atoms with Gasteiger partial charge < -0.3 is 14.8 Å². The molecule has 3 aliphatic rings. The van der Waals surface area contributed by atoms with E-state index < -0.39 is 0 Å². The zero-order valence-electron chi connectivity index (χ0n) is 16.1. The number of carbonyl (C=O) groups is 1. The van der Waals surface area contributed by atoms with Crippen molar-refractivity contribution in [3.63, 3.8) is 0 Å². The van der Waals surface area contributed by atoms with Crippen molar-refractivity contribution >= 4 is 17.4 Å². The van der Waals surface area contributed by atoms with Gasteiger partial charge in [0.2, 0.25) is 0 Å². The Morgan fingerprint density at radius 3 is 2.71 bits per heavy atom. The molecule has 1 aliphatic carbocycles. The van der Waals surface area contributed by atoms with Crippen LogP contribution in [0.1, 0.15) is 50.1 Å². The van der Waals surface area contributed by atoms with Gasteiger partial charge in [0.15, 0.2) is 0 Å². The summed E-state index contributed by atoms with van der Waals surface area (Å²) < 4.78 is 1.98. The molecule has 0 aromatic carbocycles. The van der Waals surface area contributed by atoms with Gasteiger partial charge in [-0.05, 0) is 42.7 Å². The molecule has 5 rings (SSSR count). The second-order valence-corrected chi connectivity index (χ2v) is 9.49. The fraction of sp³-hybridized carbons (Fsp3) is 0.545. The lowest BCUT2D eigenvalue weighted by Gasteiger charge is -2.43. The molecule has 4 heterocycles. The predicted octanol–water partition coefficient (Wildman–Crippen LogP) is 4.04. The Kier molecular flexibility index (Phi) is 4.75. The molecule has 0 spiro atoms. The monoisotopic (exact) mass is 397 g/mol. The van der Waals surface area contributed by atoms with Crippen LogP contribution in [0, 0.1) is 5.92 Å². The largest absolute Gasteiger partial charge is 0.335 e. The number of hydrogen-bond donors (Lipinski definition) is 1. The summed E-state index contributed by atoms with van der Waals surface area (Å²) in [6.07, 6.45) is 7.00. The smallest absolute Gasteiger partial charge is 0.317 e. The zero-order valence-corrected chi connectivity index (χ0v) is 16.9. The number of fused-ring (bicyclic) bond motifs is 4. The minimum absolute atomic E-state index is 0.0881. The van der Waals surface area contributed by atoms with Crippen LogP contribution in [0.5, 0.6) is 0 Å². The van der Waals surface area contributed by atoms with E-state index in [9.17, 15) is 9.59 Å². The van der Waals surface area contributed by atoms with E-state index in [1.54, 1.807) is 17.4 Å². The van der Waals surface area contributed by atoms with E-state index in [1.807, 2.05) is 15.5 Å². The first-order chi connectivity index (χ1) is 13.7. The van der Waals surface area contributed by atoms with Gasteiger partial charge in [0, 0.05) is 53.8 Å². The lowest BCUT2D eigenvalue weighted by Crippen LogP contribution is -2.53. The standard InChI is InChI=1S/C22H27N3O2S/c26-20-9-8-18(19-7-4-10-28-19)21-16-11-15(13-25(20)21)12-24(14-16)22(27)23-17-5-2-1-3-6-17/h4,7-10,15-17H,1-3,5-6,11-14H2,(H,23,27). The van der Waals surface area contributed by atoms with Gasteiger partial charge in [0.1, 0.15) is 0 Å². The molecule has 2 atom stereocenters. The first-order valence-corrected chi connectivity index (χ1v) is 11.4. The highest BCUT2D eigenvalue weighted by Gasteiger charge is 2.38. The van der Waals surface area contributed by atoms with Crippen molar-refractivity contribution in [2.45, 2.75) is 57.0 Å². The minimum Gasteiger partial charge on any atom is -0.335 e. The Morgan fingerprint density at radius 2 is 1.93 bits per heavy atom. The number of pyridine rings is 1. The van der Waals surface area contributed by atoms with Crippen molar-refractivity contribution in [1.29, 1.82) is 0 Å². The summed E-state index contributed by atoms with van der Waals surface area (Å²) in [7, 11) is 0. The molecule has 148 valence electrons. The van der Waals surface area contributed by atoms with E-state index in [4.69, 9.17) is 0 Å². The lowest BCUT2D eigenvalue weighted by atomic mass is 9.81. The van der Waals surface area contributed by atoms with E-state index in [0.717, 1.165) is 43.6 Å². The Hall–Kier alpha value is -2.08. The molecule has 1 saturated heterocycles. The number of urea groups is 1. The Labute approximate surface area is 169 Å². The molecule has 2 unspecified atom stereocenters. The highest BCUT2D eigenvalue weighted by molar-refractivity contribution is 7.13. The molecule has 2 amide bonds. The van der Waals surface area contributed by atoms with Crippen LogP contribution in [0.3, 0.4) is 0 Å². The van der Waals surface area contributed by atoms with E-state index in [2.05, 4.69) is 22.8 Å². The topological polar surface area (TPSA) is 54.3 Å². The molecule has 6 heteroatoms. The average molecular weight is 398 g/mol. The van der Waals surface area contributed by atoms with Crippen LogP contribution in [-0.2, 0) is 6.54 Å². The number of nitrogens with one attached hydrogen (secondary N) is 1. The summed E-state index contributed by atoms with van der Waals surface area (Å²) in [5, 5.41) is 5.35. The van der Waals surface area contributed by atoms with Crippen molar-refractivity contribution < 1.29 is 4.79 Å². The maximum Gasteiger partial charge on any atom is 0.317 e. The van der Waals surface area contributed by atoms with Crippen molar-refractivity contribution in [1.82, 2.24) is 14.8 Å². The summed E-state index contributed by atoms with van der Waals surface area (Å²) in [6.45, 7) is 2.18. The highest BCUT2D eigenvalue weighted by Crippen LogP contribution is 2.40. The van der Waals surface area contributed by atoms with Crippen LogP contribution in [0.25, 0.3) is 10.4 Å². The molecule has 2 bridgehead atoms. The highest BCUT2D eigenvalue weighted by atomic mass is 32.1. The fourth-order valence-corrected chi connectivity index (χ4v) is 6.09. The summed E-state index contributed by atoms with van der Waals surface area (Å²) >= 11 is 1.71. The number of likely N-dealkylation sites (tertiary alicyclic amines) is 1. The van der Waals surface area contributed by atoms with E-state index in [1.165, 1.54) is 24.1 Å². The third kappa shape index (κ3) is 3.28. The number of aromatic nitrogens is 1. The minimum atomic E-state index is 0.0881. The molecule has 1 N–H and O–H groups in total. The second kappa shape index (κ2) is 7.39. The van der Waals surface area contributed by atoms with Crippen LogP contribution < -0.4 is 10.9 Å². The SMILES string of the molecule is O=C(NC1CCCCC1)N1CC2CC(C1)c1c(-c3cccs3)ccc(=O)n1C2. The van der Waals surface area contributed by atoms with E-state index >= 15 is 0 Å². The summed E-state index contributed by atoms with van der Waals surface area (Å²) in [6, 6.07) is 8.27. The molecule has 1 saturated carbocycles. The Bertz CT molecular complexity index is 914. The van der Waals surface area contributed by atoms with Gasteiger partial charge in [0.25, 0.3) is 5.56 Å². The second-order valence-electron chi connectivity index (χ2n) is 8.55. The maximum atomic E-state index is 12.9. The van der Waals surface area contributed by atoms with Crippen LogP contribution in [0.15, 0.2) is 34.4 Å². The molecule has 5 nitrogen and oxygen atoms in total. The quantitative estimate of drug-likeness (QED) is 0.832. The van der Waals surface area contributed by atoms with Gasteiger partial charge in [-0.2, -0.15) is 0 Å². The van der Waals surface area contributed by atoms with Gasteiger partial charge in [0.05, 0.1) is 0 Å².